The van der Waals surface area contributed by atoms with Crippen LogP contribution in [-0.4, -0.2) is 68.8 Å². The lowest BCUT2D eigenvalue weighted by atomic mass is 10.0. The molecule has 0 radical (unpaired) electrons. The molecule has 0 bridgehead atoms. The fraction of sp³-hybridized carbons (Fsp3) is 0.500. The number of fused-ring (bicyclic) bond motifs is 1. The predicted molar refractivity (Wildman–Crippen MR) is 115 cm³/mol. The summed E-state index contributed by atoms with van der Waals surface area (Å²) >= 11 is 0. The van der Waals surface area contributed by atoms with E-state index in [9.17, 15) is 8.42 Å². The van der Waals surface area contributed by atoms with Crippen LogP contribution in [0, 0.1) is 39.5 Å². The van der Waals surface area contributed by atoms with Gasteiger partial charge in [-0.15, -0.1) is 0 Å². The number of anilines is 1. The first-order valence-corrected chi connectivity index (χ1v) is 11.8. The number of sulfonamides is 1. The zero-order valence-corrected chi connectivity index (χ0v) is 18.9. The van der Waals surface area contributed by atoms with Gasteiger partial charge in [-0.25, -0.2) is 23.1 Å². The average molecular weight is 443 g/mol. The van der Waals surface area contributed by atoms with Crippen LogP contribution in [0.25, 0.3) is 5.82 Å². The molecular formula is C20H26N8O2S. The smallest absolute Gasteiger partial charge is 0.246 e. The van der Waals surface area contributed by atoms with Crippen molar-refractivity contribution in [1.29, 1.82) is 0 Å². The van der Waals surface area contributed by atoms with Crippen molar-refractivity contribution in [3.8, 4) is 5.82 Å². The minimum absolute atomic E-state index is 0.273. The molecule has 5 heterocycles. The third kappa shape index (κ3) is 3.32. The number of hydrogen-bond acceptors (Lipinski definition) is 7. The van der Waals surface area contributed by atoms with Gasteiger partial charge >= 0.3 is 0 Å². The molecule has 0 amide bonds. The largest absolute Gasteiger partial charge is 0.356 e. The zero-order chi connectivity index (χ0) is 21.9. The molecule has 5 rings (SSSR count). The van der Waals surface area contributed by atoms with Crippen molar-refractivity contribution >= 4 is 15.8 Å². The van der Waals surface area contributed by atoms with Crippen molar-refractivity contribution in [2.45, 2.75) is 32.6 Å². The summed E-state index contributed by atoms with van der Waals surface area (Å²) in [4.78, 5) is 11.4. The van der Waals surface area contributed by atoms with Crippen LogP contribution in [0.1, 0.15) is 22.8 Å². The average Bonchev–Trinajstić information content (AvgIpc) is 3.45. The second-order valence-electron chi connectivity index (χ2n) is 8.58. The molecule has 2 atom stereocenters. The molecule has 11 heteroatoms. The van der Waals surface area contributed by atoms with E-state index in [0.717, 1.165) is 36.1 Å². The van der Waals surface area contributed by atoms with Crippen molar-refractivity contribution < 1.29 is 8.42 Å². The highest BCUT2D eigenvalue weighted by Gasteiger charge is 2.45. The van der Waals surface area contributed by atoms with E-state index in [1.807, 2.05) is 30.7 Å². The lowest BCUT2D eigenvalue weighted by Crippen LogP contribution is -2.34. The third-order valence-electron chi connectivity index (χ3n) is 6.30. The van der Waals surface area contributed by atoms with Crippen LogP contribution in [0.3, 0.4) is 0 Å². The van der Waals surface area contributed by atoms with Crippen molar-refractivity contribution in [1.82, 2.24) is 34.3 Å². The molecule has 2 aliphatic rings. The molecule has 0 aliphatic carbocycles. The van der Waals surface area contributed by atoms with Gasteiger partial charge in [-0.3, -0.25) is 5.10 Å². The van der Waals surface area contributed by atoms with Gasteiger partial charge in [0, 0.05) is 37.9 Å². The van der Waals surface area contributed by atoms with E-state index in [1.165, 1.54) is 0 Å². The van der Waals surface area contributed by atoms with E-state index in [4.69, 9.17) is 0 Å². The molecule has 10 nitrogen and oxygen atoms in total. The molecule has 0 saturated carbocycles. The molecule has 31 heavy (non-hydrogen) atoms. The number of H-pyrrole nitrogens is 1. The zero-order valence-electron chi connectivity index (χ0n) is 18.1. The SMILES string of the molecule is Cc1cc(C)n(-c2cc(N3CC4CN(S(=O)(=O)c5c(C)n[nH]c5C)CC4C3)ncn2)n1. The van der Waals surface area contributed by atoms with Crippen LogP contribution in [0.4, 0.5) is 5.82 Å². The maximum atomic E-state index is 13.2. The summed E-state index contributed by atoms with van der Waals surface area (Å²) in [5, 5.41) is 11.4. The van der Waals surface area contributed by atoms with Gasteiger partial charge in [-0.05, 0) is 45.6 Å². The molecule has 0 spiro atoms. The number of nitrogens with zero attached hydrogens (tertiary/aromatic N) is 7. The first kappa shape index (κ1) is 20.1. The topological polar surface area (TPSA) is 113 Å². The normalized spacial score (nSPS) is 21.7. The molecule has 3 aromatic rings. The number of hydrogen-bond donors (Lipinski definition) is 1. The van der Waals surface area contributed by atoms with Crippen LogP contribution >= 0.6 is 0 Å². The Balaban J connectivity index is 1.33. The standard InChI is InChI=1S/C20H26N8O2S/c1-12-5-13(2)28(25-12)19-6-18(21-11-22-19)26-7-16-9-27(10-17(16)8-26)31(29,30)20-14(3)23-24-15(20)4/h5-6,11,16-17H,7-10H2,1-4H3,(H,23,24). The highest BCUT2D eigenvalue weighted by molar-refractivity contribution is 7.89. The van der Waals surface area contributed by atoms with E-state index in [-0.39, 0.29) is 11.8 Å². The summed E-state index contributed by atoms with van der Waals surface area (Å²) in [6.45, 7) is 10.0. The van der Waals surface area contributed by atoms with Crippen LogP contribution in [-0.2, 0) is 10.0 Å². The van der Waals surface area contributed by atoms with E-state index < -0.39 is 10.0 Å². The van der Waals surface area contributed by atoms with Gasteiger partial charge in [0.1, 0.15) is 17.0 Å². The molecule has 2 aliphatic heterocycles. The van der Waals surface area contributed by atoms with Gasteiger partial charge in [0.25, 0.3) is 0 Å². The highest BCUT2D eigenvalue weighted by atomic mass is 32.2. The monoisotopic (exact) mass is 442 g/mol. The quantitative estimate of drug-likeness (QED) is 0.649. The molecule has 1 N–H and O–H groups in total. The lowest BCUT2D eigenvalue weighted by molar-refractivity contribution is 0.452. The summed E-state index contributed by atoms with van der Waals surface area (Å²) in [5.74, 6) is 2.13. The maximum Gasteiger partial charge on any atom is 0.246 e. The fourth-order valence-corrected chi connectivity index (χ4v) is 6.76. The predicted octanol–water partition coefficient (Wildman–Crippen LogP) is 1.38. The minimum Gasteiger partial charge on any atom is -0.356 e. The highest BCUT2D eigenvalue weighted by Crippen LogP contribution is 2.36. The van der Waals surface area contributed by atoms with Gasteiger partial charge in [0.2, 0.25) is 10.0 Å². The Morgan fingerprint density at radius 3 is 2.23 bits per heavy atom. The van der Waals surface area contributed by atoms with Crippen LogP contribution in [0.5, 0.6) is 0 Å². The van der Waals surface area contributed by atoms with Gasteiger partial charge < -0.3 is 4.90 Å². The Hall–Kier alpha value is -2.79. The second-order valence-corrected chi connectivity index (χ2v) is 10.5. The first-order chi connectivity index (χ1) is 14.7. The van der Waals surface area contributed by atoms with Gasteiger partial charge in [-0.1, -0.05) is 0 Å². The summed E-state index contributed by atoms with van der Waals surface area (Å²) in [6.07, 6.45) is 1.57. The van der Waals surface area contributed by atoms with Crippen molar-refractivity contribution in [3.63, 3.8) is 0 Å². The number of rotatable bonds is 4. The maximum absolute atomic E-state index is 13.2. The van der Waals surface area contributed by atoms with Gasteiger partial charge in [0.15, 0.2) is 5.82 Å². The Morgan fingerprint density at radius 2 is 1.65 bits per heavy atom. The summed E-state index contributed by atoms with van der Waals surface area (Å²) in [7, 11) is -3.54. The molecule has 2 unspecified atom stereocenters. The Labute approximate surface area is 181 Å². The summed E-state index contributed by atoms with van der Waals surface area (Å²) < 4.78 is 29.8. The summed E-state index contributed by atoms with van der Waals surface area (Å²) in [6, 6.07) is 3.97. The number of aromatic amines is 1. The molecule has 164 valence electrons. The molecule has 3 aromatic heterocycles. The lowest BCUT2D eigenvalue weighted by Gasteiger charge is -2.22. The second kappa shape index (κ2) is 7.13. The number of aryl methyl sites for hydroxylation is 4. The fourth-order valence-electron chi connectivity index (χ4n) is 4.87. The Bertz CT molecular complexity index is 1210. The summed E-state index contributed by atoms with van der Waals surface area (Å²) in [5.41, 5.74) is 3.08. The van der Waals surface area contributed by atoms with E-state index in [1.54, 1.807) is 24.5 Å². The Kier molecular flexibility index (Phi) is 4.63. The van der Waals surface area contributed by atoms with Crippen LogP contribution in [0.2, 0.25) is 0 Å². The molecule has 0 aromatic carbocycles. The molecular weight excluding hydrogens is 416 g/mol. The van der Waals surface area contributed by atoms with E-state index >= 15 is 0 Å². The van der Waals surface area contributed by atoms with E-state index in [2.05, 4.69) is 30.2 Å². The van der Waals surface area contributed by atoms with Crippen molar-refractivity contribution in [2.24, 2.45) is 11.8 Å². The number of aromatic nitrogens is 6. The first-order valence-electron chi connectivity index (χ1n) is 10.4. The Morgan fingerprint density at radius 1 is 0.968 bits per heavy atom. The number of nitrogens with one attached hydrogen (secondary N) is 1. The minimum atomic E-state index is -3.54. The van der Waals surface area contributed by atoms with Crippen LogP contribution < -0.4 is 4.90 Å². The van der Waals surface area contributed by atoms with Gasteiger partial charge in [0.05, 0.1) is 17.1 Å². The molecule has 2 saturated heterocycles. The van der Waals surface area contributed by atoms with E-state index in [0.29, 0.717) is 29.4 Å². The van der Waals surface area contributed by atoms with Crippen LogP contribution in [0.15, 0.2) is 23.4 Å². The van der Waals surface area contributed by atoms with Crippen molar-refractivity contribution in [2.75, 3.05) is 31.1 Å². The van der Waals surface area contributed by atoms with Crippen molar-refractivity contribution in [3.05, 3.63) is 41.2 Å². The molecule has 2 fully saturated rings. The third-order valence-corrected chi connectivity index (χ3v) is 8.40. The van der Waals surface area contributed by atoms with Gasteiger partial charge in [-0.2, -0.15) is 14.5 Å².